The molecule has 7 nitrogen and oxygen atoms in total. The number of rotatable bonds is 3. The molecule has 0 saturated heterocycles. The van der Waals surface area contributed by atoms with Gasteiger partial charge in [-0.05, 0) is 25.2 Å². The number of nitrogens with zero attached hydrogens (tertiary/aromatic N) is 3. The molecule has 3 heterocycles. The van der Waals surface area contributed by atoms with E-state index in [2.05, 4.69) is 20.5 Å². The van der Waals surface area contributed by atoms with Gasteiger partial charge in [0, 0.05) is 7.05 Å². The maximum atomic E-state index is 12.0. The Hall–Kier alpha value is -2.26. The molecule has 0 aliphatic carbocycles. The van der Waals surface area contributed by atoms with Gasteiger partial charge in [-0.2, -0.15) is 5.10 Å². The van der Waals surface area contributed by atoms with Gasteiger partial charge in [0.15, 0.2) is 15.7 Å². The van der Waals surface area contributed by atoms with Crippen LogP contribution in [0, 0.1) is 11.7 Å². The van der Waals surface area contributed by atoms with Gasteiger partial charge >= 0.3 is 0 Å². The highest BCUT2D eigenvalue weighted by atomic mass is 32.1. The number of amides is 1. The molecule has 21 heavy (non-hydrogen) atoms. The first kappa shape index (κ1) is 13.7. The largest absolute Gasteiger partial charge is 0.472 e. The number of carbonyl (C=O) groups excluding carboxylic acids is 1. The monoisotopic (exact) mass is 321 g/mol. The molecule has 0 spiro atoms. The third kappa shape index (κ3) is 2.52. The van der Waals surface area contributed by atoms with Crippen LogP contribution < -0.4 is 5.32 Å². The smallest absolute Gasteiger partial charge is 0.260 e. The number of anilines is 1. The van der Waals surface area contributed by atoms with Gasteiger partial charge in [0.25, 0.3) is 5.91 Å². The number of carbonyl (C=O) groups is 1. The van der Waals surface area contributed by atoms with Gasteiger partial charge in [-0.15, -0.1) is 0 Å². The number of aromatic amines is 1. The summed E-state index contributed by atoms with van der Waals surface area (Å²) in [6.07, 6.45) is 2.83. The second-order valence-corrected chi connectivity index (χ2v) is 5.70. The maximum Gasteiger partial charge on any atom is 0.260 e. The highest BCUT2D eigenvalue weighted by Crippen LogP contribution is 2.31. The zero-order chi connectivity index (χ0) is 15.0. The maximum absolute atomic E-state index is 12.0. The van der Waals surface area contributed by atoms with Crippen LogP contribution in [0.5, 0.6) is 0 Å². The first-order valence-electron chi connectivity index (χ1n) is 5.99. The molecule has 9 heteroatoms. The standard InChI is InChI=1S/C12H11N5O2S2/c1-6-8(9-15-16-12(20)17(9)2)21-11(13-6)14-10(18)7-3-4-19-5-7/h3-5H,1-2H3,(H,16,20)(H,13,14,18). The Balaban J connectivity index is 1.90. The quantitative estimate of drug-likeness (QED) is 0.724. The highest BCUT2D eigenvalue weighted by molar-refractivity contribution is 7.71. The van der Waals surface area contributed by atoms with E-state index in [1.54, 1.807) is 10.6 Å². The summed E-state index contributed by atoms with van der Waals surface area (Å²) in [6, 6.07) is 1.59. The number of hydrogen-bond acceptors (Lipinski definition) is 6. The van der Waals surface area contributed by atoms with Crippen LogP contribution in [0.25, 0.3) is 10.7 Å². The Kier molecular flexibility index (Phi) is 3.43. The summed E-state index contributed by atoms with van der Waals surface area (Å²) >= 11 is 6.44. The van der Waals surface area contributed by atoms with Gasteiger partial charge < -0.3 is 8.98 Å². The topological polar surface area (TPSA) is 88.7 Å². The van der Waals surface area contributed by atoms with Gasteiger partial charge in [0.05, 0.1) is 22.4 Å². The number of hydrogen-bond donors (Lipinski definition) is 2. The number of aromatic nitrogens is 4. The molecular formula is C12H11N5O2S2. The second-order valence-electron chi connectivity index (χ2n) is 4.31. The molecule has 3 rings (SSSR count). The Labute approximate surface area is 128 Å². The molecule has 3 aromatic rings. The normalized spacial score (nSPS) is 10.8. The molecule has 0 aliphatic rings. The molecule has 0 aliphatic heterocycles. The molecule has 0 fully saturated rings. The van der Waals surface area contributed by atoms with Crippen molar-refractivity contribution in [2.45, 2.75) is 6.92 Å². The summed E-state index contributed by atoms with van der Waals surface area (Å²) in [7, 11) is 1.82. The van der Waals surface area contributed by atoms with Crippen LogP contribution in [0.2, 0.25) is 0 Å². The van der Waals surface area contributed by atoms with E-state index in [-0.39, 0.29) is 5.91 Å². The lowest BCUT2D eigenvalue weighted by atomic mass is 10.3. The van der Waals surface area contributed by atoms with E-state index in [9.17, 15) is 4.79 Å². The highest BCUT2D eigenvalue weighted by Gasteiger charge is 2.16. The molecule has 2 N–H and O–H groups in total. The van der Waals surface area contributed by atoms with E-state index in [0.717, 1.165) is 10.6 Å². The average molecular weight is 321 g/mol. The van der Waals surface area contributed by atoms with Crippen LogP contribution in [-0.4, -0.2) is 25.7 Å². The molecule has 0 radical (unpaired) electrons. The van der Waals surface area contributed by atoms with Crippen molar-refractivity contribution in [3.63, 3.8) is 0 Å². The van der Waals surface area contributed by atoms with Crippen molar-refractivity contribution in [1.29, 1.82) is 0 Å². The van der Waals surface area contributed by atoms with Crippen LogP contribution in [-0.2, 0) is 7.05 Å². The Bertz CT molecular complexity index is 844. The van der Waals surface area contributed by atoms with Crippen molar-refractivity contribution < 1.29 is 9.21 Å². The summed E-state index contributed by atoms with van der Waals surface area (Å²) in [5.41, 5.74) is 1.22. The van der Waals surface area contributed by atoms with E-state index < -0.39 is 0 Å². The summed E-state index contributed by atoms with van der Waals surface area (Å²) in [5.74, 6) is 0.429. The van der Waals surface area contributed by atoms with Crippen molar-refractivity contribution >= 4 is 34.6 Å². The fourth-order valence-electron chi connectivity index (χ4n) is 1.77. The Morgan fingerprint density at radius 2 is 2.38 bits per heavy atom. The lowest BCUT2D eigenvalue weighted by molar-refractivity contribution is 0.102. The van der Waals surface area contributed by atoms with E-state index in [4.69, 9.17) is 16.6 Å². The second kappa shape index (κ2) is 5.26. The molecule has 1 amide bonds. The van der Waals surface area contributed by atoms with Crippen molar-refractivity contribution in [1.82, 2.24) is 19.7 Å². The molecule has 0 unspecified atom stereocenters. The van der Waals surface area contributed by atoms with Crippen molar-refractivity contribution in [2.75, 3.05) is 5.32 Å². The van der Waals surface area contributed by atoms with Crippen molar-refractivity contribution in [2.24, 2.45) is 7.05 Å². The van der Waals surface area contributed by atoms with Crippen LogP contribution in [0.1, 0.15) is 16.1 Å². The van der Waals surface area contributed by atoms with Gasteiger partial charge in [-0.1, -0.05) is 11.3 Å². The van der Waals surface area contributed by atoms with E-state index in [1.807, 2.05) is 14.0 Å². The number of thiazole rings is 1. The first-order valence-corrected chi connectivity index (χ1v) is 7.21. The van der Waals surface area contributed by atoms with Crippen LogP contribution in [0.4, 0.5) is 5.13 Å². The number of H-pyrrole nitrogens is 1. The van der Waals surface area contributed by atoms with Crippen LogP contribution in [0.15, 0.2) is 23.0 Å². The average Bonchev–Trinajstić information content (AvgIpc) is 3.14. The Morgan fingerprint density at radius 1 is 1.57 bits per heavy atom. The number of aryl methyl sites for hydroxylation is 1. The molecule has 0 aromatic carbocycles. The van der Waals surface area contributed by atoms with E-state index in [0.29, 0.717) is 21.3 Å². The lowest BCUT2D eigenvalue weighted by Crippen LogP contribution is -2.10. The fraction of sp³-hybridized carbons (Fsp3) is 0.167. The van der Waals surface area contributed by atoms with Gasteiger partial charge in [-0.3, -0.25) is 15.2 Å². The van der Waals surface area contributed by atoms with E-state index in [1.165, 1.54) is 23.9 Å². The molecule has 0 bridgehead atoms. The number of furan rings is 1. The van der Waals surface area contributed by atoms with Crippen LogP contribution >= 0.6 is 23.6 Å². The SMILES string of the molecule is Cc1nc(NC(=O)c2ccoc2)sc1-c1n[nH]c(=S)n1C. The summed E-state index contributed by atoms with van der Waals surface area (Å²) < 4.78 is 7.17. The van der Waals surface area contributed by atoms with Gasteiger partial charge in [0.1, 0.15) is 6.26 Å². The van der Waals surface area contributed by atoms with Crippen molar-refractivity contribution in [3.8, 4) is 10.7 Å². The first-order chi connectivity index (χ1) is 10.1. The summed E-state index contributed by atoms with van der Waals surface area (Å²) in [4.78, 5) is 17.2. The minimum atomic E-state index is -0.264. The summed E-state index contributed by atoms with van der Waals surface area (Å²) in [5, 5.41) is 10.1. The number of nitrogens with one attached hydrogen (secondary N) is 2. The van der Waals surface area contributed by atoms with Gasteiger partial charge in [0.2, 0.25) is 0 Å². The third-order valence-electron chi connectivity index (χ3n) is 2.88. The molecule has 0 saturated carbocycles. The minimum Gasteiger partial charge on any atom is -0.472 e. The third-order valence-corrected chi connectivity index (χ3v) is 4.32. The summed E-state index contributed by atoms with van der Waals surface area (Å²) in [6.45, 7) is 1.86. The van der Waals surface area contributed by atoms with Crippen LogP contribution in [0.3, 0.4) is 0 Å². The molecular weight excluding hydrogens is 310 g/mol. The molecule has 0 atom stereocenters. The van der Waals surface area contributed by atoms with E-state index >= 15 is 0 Å². The zero-order valence-electron chi connectivity index (χ0n) is 11.2. The van der Waals surface area contributed by atoms with Gasteiger partial charge in [-0.25, -0.2) is 4.98 Å². The van der Waals surface area contributed by atoms with Crippen molar-refractivity contribution in [3.05, 3.63) is 34.6 Å². The lowest BCUT2D eigenvalue weighted by Gasteiger charge is -1.97. The Morgan fingerprint density at radius 3 is 3.00 bits per heavy atom. The fourth-order valence-corrected chi connectivity index (χ4v) is 2.89. The molecule has 108 valence electrons. The predicted molar refractivity (Wildman–Crippen MR) is 80.9 cm³/mol. The predicted octanol–water partition coefficient (Wildman–Crippen LogP) is 2.75. The minimum absolute atomic E-state index is 0.264. The zero-order valence-corrected chi connectivity index (χ0v) is 12.8. The molecule has 3 aromatic heterocycles.